The zero-order chi connectivity index (χ0) is 11.5. The molecule has 0 fully saturated rings. The molecule has 15 heavy (non-hydrogen) atoms. The van der Waals surface area contributed by atoms with Crippen LogP contribution in [0.1, 0.15) is 20.8 Å². The molecule has 0 aromatic heterocycles. The molecular formula is C9H15I2NO2S. The number of nitrogens with one attached hydrogen (secondary N) is 1. The van der Waals surface area contributed by atoms with Gasteiger partial charge >= 0.3 is 0 Å². The lowest BCUT2D eigenvalue weighted by Gasteiger charge is -2.18. The Morgan fingerprint density at radius 2 is 2.00 bits per heavy atom. The number of halogens is 2. The first-order valence-electron chi connectivity index (χ1n) is 4.41. The molecule has 1 aliphatic rings. The molecule has 88 valence electrons. The lowest BCUT2D eigenvalue weighted by Crippen LogP contribution is -2.36. The molecule has 1 N–H and O–H groups in total. The highest BCUT2D eigenvalue weighted by atomic mass is 127. The second-order valence-electron chi connectivity index (χ2n) is 4.29. The second-order valence-corrected chi connectivity index (χ2v) is 11.3. The van der Waals surface area contributed by atoms with E-state index in [2.05, 4.69) is 12.9 Å². The summed E-state index contributed by atoms with van der Waals surface area (Å²) < 4.78 is 33.2. The Morgan fingerprint density at radius 1 is 1.33 bits per heavy atom. The first-order valence-corrected chi connectivity index (χ1v) is 10.7. The standard InChI is InChI=1S/C9H15I2NO2S/c1-9(2,3)7-12-15(13,14)8-6-10-4-5-11-8/h4-6,12H,7H2,1-3H3. The van der Waals surface area contributed by atoms with E-state index in [-0.39, 0.29) is 26.1 Å². The zero-order valence-corrected chi connectivity index (χ0v) is 14.1. The molecule has 0 bridgehead atoms. The Kier molecular flexibility index (Phi) is 5.06. The molecule has 3 nitrogen and oxygen atoms in total. The van der Waals surface area contributed by atoms with E-state index in [1.165, 1.54) is 0 Å². The van der Waals surface area contributed by atoms with Gasteiger partial charge < -0.3 is 0 Å². The van der Waals surface area contributed by atoms with Crippen LogP contribution in [0.4, 0.5) is 0 Å². The monoisotopic (exact) mass is 455 g/mol. The van der Waals surface area contributed by atoms with Gasteiger partial charge in [0.25, 0.3) is 0 Å². The Hall–Kier alpha value is 0.850. The summed E-state index contributed by atoms with van der Waals surface area (Å²) in [6.07, 6.45) is 0. The lowest BCUT2D eigenvalue weighted by atomic mass is 9.98. The molecule has 0 amide bonds. The van der Waals surface area contributed by atoms with E-state index in [1.54, 1.807) is 0 Å². The third kappa shape index (κ3) is 5.14. The Balaban J connectivity index is 2.73. The van der Waals surface area contributed by atoms with Crippen molar-refractivity contribution in [2.75, 3.05) is 6.54 Å². The van der Waals surface area contributed by atoms with Crippen LogP contribution in [0.2, 0.25) is 0 Å². The van der Waals surface area contributed by atoms with Crippen LogP contribution in [-0.4, -0.2) is 21.8 Å². The smallest absolute Gasteiger partial charge is 0.210 e. The summed E-state index contributed by atoms with van der Waals surface area (Å²) in [5.41, 5.74) is -0.00843. The molecular weight excluding hydrogens is 440 g/mol. The van der Waals surface area contributed by atoms with Gasteiger partial charge in [-0.05, 0) is 17.6 Å². The van der Waals surface area contributed by atoms with Crippen LogP contribution in [0.5, 0.6) is 0 Å². The maximum Gasteiger partial charge on any atom is 0.246 e. The maximum absolute atomic E-state index is 11.9. The number of hydrogen-bond donors (Lipinski definition) is 1. The third-order valence-corrected chi connectivity index (χ3v) is 11.4. The third-order valence-electron chi connectivity index (χ3n) is 1.49. The average molecular weight is 455 g/mol. The van der Waals surface area contributed by atoms with E-state index in [4.69, 9.17) is 0 Å². The van der Waals surface area contributed by atoms with Gasteiger partial charge in [0.05, 0.1) is 0 Å². The summed E-state index contributed by atoms with van der Waals surface area (Å²) >= 11 is -0.598. The van der Waals surface area contributed by atoms with Gasteiger partial charge in [-0.1, -0.05) is 62.2 Å². The molecule has 1 heterocycles. The maximum atomic E-state index is 11.9. The van der Waals surface area contributed by atoms with Crippen molar-refractivity contribution in [1.29, 1.82) is 0 Å². The zero-order valence-electron chi connectivity index (χ0n) is 8.92. The minimum absolute atomic E-state index is 0.00843. The first-order chi connectivity index (χ1) is 6.81. The SMILES string of the molecule is CC(C)(C)CNS(=O)(=O)C1=IC=CI=C1. The van der Waals surface area contributed by atoms with Gasteiger partial charge in [0.2, 0.25) is 10.0 Å². The highest BCUT2D eigenvalue weighted by Gasteiger charge is 2.19. The van der Waals surface area contributed by atoms with E-state index in [0.717, 1.165) is 0 Å². The first kappa shape index (κ1) is 13.9. The Morgan fingerprint density at radius 3 is 2.47 bits per heavy atom. The van der Waals surface area contributed by atoms with Crippen molar-refractivity contribution >= 4 is 58.3 Å². The summed E-state index contributed by atoms with van der Waals surface area (Å²) in [5.74, 6) is 0. The van der Waals surface area contributed by atoms with Gasteiger partial charge in [-0.15, -0.1) is 0 Å². The predicted molar refractivity (Wildman–Crippen MR) is 84.6 cm³/mol. The van der Waals surface area contributed by atoms with E-state index < -0.39 is 30.8 Å². The molecule has 0 radical (unpaired) electrons. The van der Waals surface area contributed by atoms with Crippen molar-refractivity contribution in [3.05, 3.63) is 8.17 Å². The summed E-state index contributed by atoms with van der Waals surface area (Å²) in [5, 5.41) is 0. The largest absolute Gasteiger partial charge is 0.246 e. The summed E-state index contributed by atoms with van der Waals surface area (Å²) in [6, 6.07) is 0. The summed E-state index contributed by atoms with van der Waals surface area (Å²) in [7, 11) is -3.18. The fourth-order valence-corrected chi connectivity index (χ4v) is 9.94. The molecule has 0 aliphatic carbocycles. The topological polar surface area (TPSA) is 46.2 Å². The fourth-order valence-electron chi connectivity index (χ4n) is 0.721. The van der Waals surface area contributed by atoms with Crippen molar-refractivity contribution in [2.45, 2.75) is 20.8 Å². The quantitative estimate of drug-likeness (QED) is 0.665. The van der Waals surface area contributed by atoms with Crippen molar-refractivity contribution < 1.29 is 8.42 Å². The van der Waals surface area contributed by atoms with Gasteiger partial charge in [0, 0.05) is 6.54 Å². The summed E-state index contributed by atoms with van der Waals surface area (Å²) in [4.78, 5) is 0. The molecule has 6 heteroatoms. The van der Waals surface area contributed by atoms with Gasteiger partial charge in [-0.3, -0.25) is 0 Å². The normalized spacial score (nSPS) is 17.7. The van der Waals surface area contributed by atoms with E-state index >= 15 is 0 Å². The van der Waals surface area contributed by atoms with Crippen LogP contribution >= 0.6 is 41.5 Å². The van der Waals surface area contributed by atoms with E-state index in [9.17, 15) is 8.42 Å². The van der Waals surface area contributed by atoms with Crippen LogP contribution in [0.15, 0.2) is 8.17 Å². The van der Waals surface area contributed by atoms with Crippen molar-refractivity contribution in [3.63, 3.8) is 0 Å². The van der Waals surface area contributed by atoms with Gasteiger partial charge in [-0.25, -0.2) is 13.1 Å². The van der Waals surface area contributed by atoms with Crippen LogP contribution in [0, 0.1) is 5.41 Å². The Bertz CT molecular complexity index is 416. The molecule has 0 spiro atoms. The number of rotatable bonds is 3. The summed E-state index contributed by atoms with van der Waals surface area (Å²) in [6.45, 7) is 6.56. The van der Waals surface area contributed by atoms with Crippen molar-refractivity contribution in [1.82, 2.24) is 4.72 Å². The highest BCUT2D eigenvalue weighted by molar-refractivity contribution is 14.2. The average Bonchev–Trinajstić information content (AvgIpc) is 2.16. The van der Waals surface area contributed by atoms with E-state index in [0.29, 0.717) is 9.39 Å². The van der Waals surface area contributed by atoms with Crippen molar-refractivity contribution in [3.8, 4) is 0 Å². The predicted octanol–water partition coefficient (Wildman–Crippen LogP) is 2.31. The second kappa shape index (κ2) is 5.46. The molecule has 1 rings (SSSR count). The molecule has 0 saturated carbocycles. The number of sulfonamides is 1. The number of hydrogen-bond acceptors (Lipinski definition) is 2. The molecule has 0 aromatic rings. The van der Waals surface area contributed by atoms with Crippen molar-refractivity contribution in [2.24, 2.45) is 5.41 Å². The van der Waals surface area contributed by atoms with Crippen LogP contribution < -0.4 is 4.72 Å². The molecule has 0 saturated heterocycles. The van der Waals surface area contributed by atoms with Gasteiger partial charge in [0.15, 0.2) is 0 Å². The van der Waals surface area contributed by atoms with Gasteiger partial charge in [0.1, 0.15) is 2.84 Å². The minimum Gasteiger partial charge on any atom is -0.210 e. The Labute approximate surface area is 111 Å². The van der Waals surface area contributed by atoms with E-state index in [1.807, 2.05) is 24.8 Å². The molecule has 0 atom stereocenters. The van der Waals surface area contributed by atoms with Crippen LogP contribution in [0.3, 0.4) is 0 Å². The fraction of sp³-hybridized carbons (Fsp3) is 0.556. The van der Waals surface area contributed by atoms with Crippen LogP contribution in [0.25, 0.3) is 0 Å². The molecule has 0 unspecified atom stereocenters. The van der Waals surface area contributed by atoms with Crippen LogP contribution in [-0.2, 0) is 10.0 Å². The lowest BCUT2D eigenvalue weighted by molar-refractivity contribution is 0.409. The highest BCUT2D eigenvalue weighted by Crippen LogP contribution is 2.18. The van der Waals surface area contributed by atoms with Gasteiger partial charge in [-0.2, -0.15) is 0 Å². The molecule has 1 aliphatic heterocycles. The minimum atomic E-state index is -3.18. The molecule has 0 aromatic carbocycles.